The highest BCUT2D eigenvalue weighted by molar-refractivity contribution is 6.24. The molecular formula is C13H12O5. The Kier molecular flexibility index (Phi) is 3.32. The van der Waals surface area contributed by atoms with E-state index in [-0.39, 0.29) is 18.0 Å². The van der Waals surface area contributed by atoms with E-state index in [1.165, 1.54) is 13.2 Å². The number of ether oxygens (including phenoxy) is 3. The summed E-state index contributed by atoms with van der Waals surface area (Å²) in [5.41, 5.74) is 0.666. The van der Waals surface area contributed by atoms with Crippen molar-refractivity contribution in [1.82, 2.24) is 0 Å². The summed E-state index contributed by atoms with van der Waals surface area (Å²) in [6, 6.07) is 5.11. The second-order valence-corrected chi connectivity index (χ2v) is 3.67. The fourth-order valence-electron chi connectivity index (χ4n) is 1.63. The summed E-state index contributed by atoms with van der Waals surface area (Å²) in [6.07, 6.45) is 1.47. The Labute approximate surface area is 104 Å². The second-order valence-electron chi connectivity index (χ2n) is 3.67. The fourth-order valence-corrected chi connectivity index (χ4v) is 1.63. The van der Waals surface area contributed by atoms with Gasteiger partial charge in [-0.05, 0) is 18.2 Å². The average molecular weight is 248 g/mol. The number of hydrogen-bond acceptors (Lipinski definition) is 5. The van der Waals surface area contributed by atoms with Crippen molar-refractivity contribution in [3.8, 4) is 11.5 Å². The lowest BCUT2D eigenvalue weighted by Crippen LogP contribution is -2.01. The molecule has 1 aliphatic heterocycles. The molecule has 5 nitrogen and oxygen atoms in total. The maximum atomic E-state index is 11.4. The van der Waals surface area contributed by atoms with E-state index in [1.54, 1.807) is 25.3 Å². The molecule has 18 heavy (non-hydrogen) atoms. The third-order valence-corrected chi connectivity index (χ3v) is 2.60. The molecule has 1 aliphatic rings. The fraction of sp³-hybridized carbons (Fsp3) is 0.231. The largest absolute Gasteiger partial charge is 0.497 e. The minimum Gasteiger partial charge on any atom is -0.497 e. The van der Waals surface area contributed by atoms with Gasteiger partial charge in [0.1, 0.15) is 17.1 Å². The molecule has 0 atom stereocenters. The first-order valence-corrected chi connectivity index (χ1v) is 5.29. The van der Waals surface area contributed by atoms with Crippen LogP contribution in [-0.2, 0) is 14.3 Å². The second kappa shape index (κ2) is 4.91. The third kappa shape index (κ3) is 2.20. The standard InChI is InChI=1S/C13H12O5/c1-16-9-4-3-8(12(6-9)17-2)5-10-11(14)7-18-13(10)15/h3-6H,7H2,1-2H3. The molecule has 0 saturated carbocycles. The summed E-state index contributed by atoms with van der Waals surface area (Å²) < 4.78 is 14.9. The van der Waals surface area contributed by atoms with Crippen LogP contribution in [0.15, 0.2) is 23.8 Å². The molecular weight excluding hydrogens is 236 g/mol. The van der Waals surface area contributed by atoms with Crippen molar-refractivity contribution in [2.45, 2.75) is 0 Å². The highest BCUT2D eigenvalue weighted by Crippen LogP contribution is 2.27. The Morgan fingerprint density at radius 3 is 2.56 bits per heavy atom. The normalized spacial score (nSPS) is 16.9. The Morgan fingerprint density at radius 2 is 2.00 bits per heavy atom. The first kappa shape index (κ1) is 12.2. The van der Waals surface area contributed by atoms with Crippen molar-refractivity contribution >= 4 is 17.8 Å². The van der Waals surface area contributed by atoms with Gasteiger partial charge in [0.25, 0.3) is 0 Å². The van der Waals surface area contributed by atoms with Gasteiger partial charge in [-0.3, -0.25) is 4.79 Å². The predicted molar refractivity (Wildman–Crippen MR) is 63.5 cm³/mol. The van der Waals surface area contributed by atoms with Gasteiger partial charge in [0.2, 0.25) is 5.78 Å². The van der Waals surface area contributed by atoms with Crippen LogP contribution in [0, 0.1) is 0 Å². The zero-order chi connectivity index (χ0) is 13.1. The molecule has 0 amide bonds. The van der Waals surface area contributed by atoms with Gasteiger partial charge >= 0.3 is 5.97 Å². The Balaban J connectivity index is 2.42. The van der Waals surface area contributed by atoms with E-state index in [2.05, 4.69) is 4.74 Å². The summed E-state index contributed by atoms with van der Waals surface area (Å²) in [7, 11) is 3.05. The Hall–Kier alpha value is -2.30. The van der Waals surface area contributed by atoms with Crippen LogP contribution in [0.2, 0.25) is 0 Å². The number of Topliss-reactive ketones (excluding diaryl/α,β-unsaturated/α-hetero) is 1. The summed E-state index contributed by atoms with van der Waals surface area (Å²) >= 11 is 0. The molecule has 0 radical (unpaired) electrons. The van der Waals surface area contributed by atoms with Crippen LogP contribution in [-0.4, -0.2) is 32.6 Å². The third-order valence-electron chi connectivity index (χ3n) is 2.60. The summed E-state index contributed by atoms with van der Waals surface area (Å²) in [5.74, 6) is 0.236. The van der Waals surface area contributed by atoms with Gasteiger partial charge in [-0.1, -0.05) is 0 Å². The molecule has 1 aromatic carbocycles. The number of cyclic esters (lactones) is 1. The van der Waals surface area contributed by atoms with Gasteiger partial charge < -0.3 is 14.2 Å². The van der Waals surface area contributed by atoms with Gasteiger partial charge in [0.15, 0.2) is 6.61 Å². The topological polar surface area (TPSA) is 61.8 Å². The van der Waals surface area contributed by atoms with Crippen LogP contribution < -0.4 is 9.47 Å². The smallest absolute Gasteiger partial charge is 0.342 e. The van der Waals surface area contributed by atoms with Crippen molar-refractivity contribution in [2.75, 3.05) is 20.8 Å². The lowest BCUT2D eigenvalue weighted by atomic mass is 10.1. The van der Waals surface area contributed by atoms with Gasteiger partial charge in [-0.2, -0.15) is 0 Å². The van der Waals surface area contributed by atoms with E-state index < -0.39 is 5.97 Å². The highest BCUT2D eigenvalue weighted by atomic mass is 16.5. The van der Waals surface area contributed by atoms with Crippen LogP contribution in [0.5, 0.6) is 11.5 Å². The van der Waals surface area contributed by atoms with Crippen molar-refractivity contribution in [3.63, 3.8) is 0 Å². The van der Waals surface area contributed by atoms with Gasteiger partial charge in [-0.25, -0.2) is 4.79 Å². The van der Waals surface area contributed by atoms with Crippen molar-refractivity contribution in [1.29, 1.82) is 0 Å². The number of carbonyl (C=O) groups is 2. The van der Waals surface area contributed by atoms with Crippen molar-refractivity contribution in [2.24, 2.45) is 0 Å². The molecule has 0 unspecified atom stereocenters. The maximum absolute atomic E-state index is 11.4. The first-order valence-electron chi connectivity index (χ1n) is 5.29. The first-order chi connectivity index (χ1) is 8.65. The quantitative estimate of drug-likeness (QED) is 0.457. The summed E-state index contributed by atoms with van der Waals surface area (Å²) in [6.45, 7) is -0.191. The molecule has 0 bridgehead atoms. The van der Waals surface area contributed by atoms with Crippen molar-refractivity contribution in [3.05, 3.63) is 29.3 Å². The number of carbonyl (C=O) groups excluding carboxylic acids is 2. The molecule has 1 fully saturated rings. The lowest BCUT2D eigenvalue weighted by Gasteiger charge is -2.07. The average Bonchev–Trinajstić information content (AvgIpc) is 2.71. The molecule has 94 valence electrons. The van der Waals surface area contributed by atoms with E-state index in [1.807, 2.05) is 0 Å². The van der Waals surface area contributed by atoms with Gasteiger partial charge in [-0.15, -0.1) is 0 Å². The van der Waals surface area contributed by atoms with E-state index >= 15 is 0 Å². The Morgan fingerprint density at radius 1 is 1.22 bits per heavy atom. The number of hydrogen-bond donors (Lipinski definition) is 0. The number of benzene rings is 1. The van der Waals surface area contributed by atoms with E-state index in [0.717, 1.165) is 0 Å². The zero-order valence-electron chi connectivity index (χ0n) is 10.1. The molecule has 0 aromatic heterocycles. The molecule has 0 aliphatic carbocycles. The van der Waals surface area contributed by atoms with Crippen LogP contribution >= 0.6 is 0 Å². The van der Waals surface area contributed by atoms with Crippen LogP contribution in [0.1, 0.15) is 5.56 Å². The zero-order valence-corrected chi connectivity index (χ0v) is 10.1. The Bertz CT molecular complexity index is 512. The summed E-state index contributed by atoms with van der Waals surface area (Å²) in [4.78, 5) is 22.8. The minimum atomic E-state index is -0.599. The lowest BCUT2D eigenvalue weighted by molar-refractivity contribution is -0.135. The van der Waals surface area contributed by atoms with Crippen molar-refractivity contribution < 1.29 is 23.8 Å². The van der Waals surface area contributed by atoms with Crippen LogP contribution in [0.3, 0.4) is 0 Å². The molecule has 1 heterocycles. The predicted octanol–water partition coefficient (Wildman–Crippen LogP) is 1.21. The van der Waals surface area contributed by atoms with E-state index in [4.69, 9.17) is 9.47 Å². The number of ketones is 1. The highest BCUT2D eigenvalue weighted by Gasteiger charge is 2.28. The van der Waals surface area contributed by atoms with Gasteiger partial charge in [0, 0.05) is 11.6 Å². The number of methoxy groups -OCH3 is 2. The number of rotatable bonds is 3. The van der Waals surface area contributed by atoms with E-state index in [0.29, 0.717) is 17.1 Å². The van der Waals surface area contributed by atoms with E-state index in [9.17, 15) is 9.59 Å². The number of esters is 1. The maximum Gasteiger partial charge on any atom is 0.342 e. The molecule has 0 spiro atoms. The molecule has 2 rings (SSSR count). The molecule has 5 heteroatoms. The SMILES string of the molecule is COc1ccc(C=C2C(=O)COC2=O)c(OC)c1. The molecule has 1 aromatic rings. The van der Waals surface area contributed by atoms with Gasteiger partial charge in [0.05, 0.1) is 14.2 Å². The van der Waals surface area contributed by atoms with Crippen LogP contribution in [0.25, 0.3) is 6.08 Å². The minimum absolute atomic E-state index is 0.0402. The summed E-state index contributed by atoms with van der Waals surface area (Å²) in [5, 5.41) is 0. The monoisotopic (exact) mass is 248 g/mol. The molecule has 1 saturated heterocycles. The van der Waals surface area contributed by atoms with Crippen LogP contribution in [0.4, 0.5) is 0 Å². The molecule has 0 N–H and O–H groups in total.